The Morgan fingerprint density at radius 3 is 1.70 bits per heavy atom. The number of benzene rings is 6. The van der Waals surface area contributed by atoms with Crippen LogP contribution in [0, 0.1) is 20.8 Å². The van der Waals surface area contributed by atoms with Gasteiger partial charge < -0.3 is 63.2 Å². The number of aryl methyl sites for hydroxylation is 3. The van der Waals surface area contributed by atoms with Gasteiger partial charge >= 0.3 is 6.16 Å². The second-order valence-electron chi connectivity index (χ2n) is 19.3. The van der Waals surface area contributed by atoms with Crippen molar-refractivity contribution in [1.29, 1.82) is 0 Å². The highest BCUT2D eigenvalue weighted by atomic mass is 16.7. The SMILES string of the molecule is CC(C)(C)OC(=O)OC1C=CCOC1.Cc1ccc2c(c1)Oc1ccccc1N2.Cc1ccc2c(c1)Oc1ccccc1N2[C@@H]1C=CCOC1.Cc1ccc2c(c1)Oc1ccccc1N2[C@H]1COC[C@H](O)[C@@H]1O. The van der Waals surface area contributed by atoms with Crippen molar-refractivity contribution in [2.24, 2.45) is 0 Å². The van der Waals surface area contributed by atoms with Gasteiger partial charge in [0.25, 0.3) is 0 Å². The maximum atomic E-state index is 11.2. The molecule has 0 aromatic heterocycles. The number of carbonyl (C=O) groups is 1. The number of nitrogens with zero attached hydrogens (tertiary/aromatic N) is 2. The summed E-state index contributed by atoms with van der Waals surface area (Å²) in [6.45, 7) is 14.4. The zero-order chi connectivity index (χ0) is 51.1. The van der Waals surface area contributed by atoms with Crippen LogP contribution in [0.3, 0.4) is 0 Å². The molecule has 14 nitrogen and oxygen atoms in total. The van der Waals surface area contributed by atoms with Crippen LogP contribution in [-0.4, -0.2) is 92.0 Å². The Hall–Kier alpha value is -7.33. The summed E-state index contributed by atoms with van der Waals surface area (Å²) >= 11 is 0. The number of aliphatic hydroxyl groups excluding tert-OH is 2. The first-order valence-corrected chi connectivity index (χ1v) is 24.6. The van der Waals surface area contributed by atoms with Gasteiger partial charge in [-0.3, -0.25) is 0 Å². The minimum Gasteiger partial charge on any atom is -0.453 e. The summed E-state index contributed by atoms with van der Waals surface area (Å²) in [5, 5.41) is 23.8. The highest BCUT2D eigenvalue weighted by Gasteiger charge is 2.40. The first-order valence-electron chi connectivity index (χ1n) is 24.6. The summed E-state index contributed by atoms with van der Waals surface area (Å²) in [5.74, 6) is 5.07. The molecule has 5 atom stereocenters. The summed E-state index contributed by atoms with van der Waals surface area (Å²) in [5.41, 5.74) is 8.96. The maximum absolute atomic E-state index is 11.2. The van der Waals surface area contributed by atoms with E-state index in [0.717, 1.165) is 74.2 Å². The predicted octanol–water partition coefficient (Wildman–Crippen LogP) is 12.3. The molecule has 3 N–H and O–H groups in total. The molecule has 0 bridgehead atoms. The second kappa shape index (κ2) is 22.6. The Kier molecular flexibility index (Phi) is 15.7. The van der Waals surface area contributed by atoms with Crippen LogP contribution in [0.5, 0.6) is 34.5 Å². The highest BCUT2D eigenvalue weighted by molar-refractivity contribution is 5.81. The number of ether oxygens (including phenoxy) is 8. The third-order valence-electron chi connectivity index (χ3n) is 12.3. The molecule has 0 radical (unpaired) electrons. The normalized spacial score (nSPS) is 20.6. The molecule has 1 saturated heterocycles. The van der Waals surface area contributed by atoms with Crippen LogP contribution in [0.2, 0.25) is 0 Å². The van der Waals surface area contributed by atoms with E-state index in [-0.39, 0.29) is 24.8 Å². The summed E-state index contributed by atoms with van der Waals surface area (Å²) in [6, 6.07) is 42.1. The van der Waals surface area contributed by atoms with Gasteiger partial charge in [0.2, 0.25) is 0 Å². The van der Waals surface area contributed by atoms with Crippen LogP contribution in [0.1, 0.15) is 37.5 Å². The van der Waals surface area contributed by atoms with Crippen molar-refractivity contribution >= 4 is 40.3 Å². The van der Waals surface area contributed by atoms with Crippen molar-refractivity contribution < 1.29 is 52.9 Å². The van der Waals surface area contributed by atoms with E-state index in [1.807, 2.05) is 115 Å². The molecule has 1 fully saturated rings. The number of hydrogen-bond donors (Lipinski definition) is 3. The number of hydrogen-bond acceptors (Lipinski definition) is 14. The van der Waals surface area contributed by atoms with Gasteiger partial charge in [-0.2, -0.15) is 0 Å². The molecular formula is C59H63N3O11. The van der Waals surface area contributed by atoms with Gasteiger partial charge in [-0.25, -0.2) is 4.79 Å². The predicted molar refractivity (Wildman–Crippen MR) is 282 cm³/mol. The summed E-state index contributed by atoms with van der Waals surface area (Å²) in [6.07, 6.45) is 5.17. The van der Waals surface area contributed by atoms with Gasteiger partial charge in [-0.05, 0) is 137 Å². The van der Waals surface area contributed by atoms with Gasteiger partial charge in [-0.1, -0.05) is 72.8 Å². The molecule has 0 aliphatic carbocycles. The van der Waals surface area contributed by atoms with E-state index in [4.69, 9.17) is 37.9 Å². The smallest absolute Gasteiger partial charge is 0.453 e. The molecule has 6 aromatic rings. The lowest BCUT2D eigenvalue weighted by molar-refractivity contribution is -0.0964. The molecule has 6 aliphatic rings. The molecule has 73 heavy (non-hydrogen) atoms. The lowest BCUT2D eigenvalue weighted by Gasteiger charge is -2.43. The van der Waals surface area contributed by atoms with Gasteiger partial charge in [0.15, 0.2) is 34.5 Å². The molecule has 14 heteroatoms. The van der Waals surface area contributed by atoms with Gasteiger partial charge in [0, 0.05) is 0 Å². The molecule has 1 unspecified atom stereocenters. The van der Waals surface area contributed by atoms with Gasteiger partial charge in [0.05, 0.1) is 85.8 Å². The van der Waals surface area contributed by atoms with Crippen molar-refractivity contribution in [3.63, 3.8) is 0 Å². The molecule has 6 aliphatic heterocycles. The Bertz CT molecular complexity index is 2950. The highest BCUT2D eigenvalue weighted by Crippen LogP contribution is 2.50. The number of para-hydroxylation sites is 6. The number of rotatable bonds is 3. The number of anilines is 6. The van der Waals surface area contributed by atoms with Crippen LogP contribution in [-0.2, 0) is 23.7 Å². The fraction of sp³-hybridized carbons (Fsp3) is 0.305. The third kappa shape index (κ3) is 12.3. The summed E-state index contributed by atoms with van der Waals surface area (Å²) in [7, 11) is 0. The van der Waals surface area contributed by atoms with Crippen molar-refractivity contribution in [3.05, 3.63) is 168 Å². The Morgan fingerprint density at radius 2 is 1.08 bits per heavy atom. The molecule has 380 valence electrons. The molecule has 12 rings (SSSR count). The van der Waals surface area contributed by atoms with E-state index in [1.54, 1.807) is 26.8 Å². The molecule has 6 aromatic carbocycles. The minimum atomic E-state index is -0.891. The molecule has 0 saturated carbocycles. The number of carbonyl (C=O) groups excluding carboxylic acids is 1. The fourth-order valence-corrected chi connectivity index (χ4v) is 8.90. The number of nitrogens with one attached hydrogen (secondary N) is 1. The zero-order valence-corrected chi connectivity index (χ0v) is 42.0. The third-order valence-corrected chi connectivity index (χ3v) is 12.3. The molecule has 0 amide bonds. The Labute approximate surface area is 426 Å². The monoisotopic (exact) mass is 989 g/mol. The molecular weight excluding hydrogens is 927 g/mol. The van der Waals surface area contributed by atoms with E-state index >= 15 is 0 Å². The Morgan fingerprint density at radius 1 is 0.562 bits per heavy atom. The Balaban J connectivity index is 0.000000122. The number of aliphatic hydroxyl groups is 2. The van der Waals surface area contributed by atoms with Gasteiger partial charge in [-0.15, -0.1) is 0 Å². The summed E-state index contributed by atoms with van der Waals surface area (Å²) < 4.78 is 44.1. The minimum absolute atomic E-state index is 0.157. The fourth-order valence-electron chi connectivity index (χ4n) is 8.90. The van der Waals surface area contributed by atoms with Crippen LogP contribution in [0.15, 0.2) is 152 Å². The van der Waals surface area contributed by atoms with Crippen molar-refractivity contribution in [3.8, 4) is 34.5 Å². The molecule has 6 heterocycles. The second-order valence-corrected chi connectivity index (χ2v) is 19.3. The van der Waals surface area contributed by atoms with E-state index < -0.39 is 24.0 Å². The average Bonchev–Trinajstić information content (AvgIpc) is 3.38. The van der Waals surface area contributed by atoms with Crippen LogP contribution in [0.4, 0.5) is 38.9 Å². The van der Waals surface area contributed by atoms with Crippen LogP contribution >= 0.6 is 0 Å². The van der Waals surface area contributed by atoms with E-state index in [9.17, 15) is 15.0 Å². The lowest BCUT2D eigenvalue weighted by Crippen LogP contribution is -2.55. The van der Waals surface area contributed by atoms with Crippen molar-refractivity contribution in [1.82, 2.24) is 0 Å². The first-order chi connectivity index (χ1) is 35.3. The van der Waals surface area contributed by atoms with E-state index in [2.05, 4.69) is 66.5 Å². The quantitative estimate of drug-likeness (QED) is 0.114. The number of fused-ring (bicyclic) bond motifs is 6. The van der Waals surface area contributed by atoms with E-state index in [0.29, 0.717) is 33.0 Å². The van der Waals surface area contributed by atoms with Gasteiger partial charge in [0.1, 0.15) is 23.9 Å². The van der Waals surface area contributed by atoms with E-state index in [1.165, 1.54) is 11.1 Å². The topological polar surface area (TPSA) is 150 Å². The van der Waals surface area contributed by atoms with Crippen LogP contribution < -0.4 is 29.3 Å². The molecule has 0 spiro atoms. The zero-order valence-electron chi connectivity index (χ0n) is 42.0. The van der Waals surface area contributed by atoms with Crippen LogP contribution in [0.25, 0.3) is 0 Å². The lowest BCUT2D eigenvalue weighted by atomic mass is 9.99. The van der Waals surface area contributed by atoms with Crippen molar-refractivity contribution in [2.75, 3.05) is 54.8 Å². The average molecular weight is 990 g/mol. The maximum Gasteiger partial charge on any atom is 0.509 e. The first kappa shape index (κ1) is 50.6. The standard InChI is InChI=1S/C18H19NO4.C18H17NO2.C13H11NO.C10H16O4/c1-11-6-7-13-17(8-11)23-16-5-3-2-4-12(16)19(13)14-9-22-10-15(20)18(14)21;1-13-8-9-16-18(11-13)21-17-7-3-2-6-15(17)19(16)14-5-4-10-20-12-14;1-9-6-7-11-13(8-9)15-12-5-3-2-4-10(12)14-11;1-10(2,3)14-9(11)13-8-5-4-6-12-7-8/h2-8,14-15,18,20-21H,9-10H2,1H3;2-9,11,14H,10,12H2,1H3;2-8,14H,1H3;4-5,8H,6-7H2,1-3H3/t14-,15-,18+;14-;;/m01../s1. The summed E-state index contributed by atoms with van der Waals surface area (Å²) in [4.78, 5) is 15.5. The largest absolute Gasteiger partial charge is 0.509 e. The van der Waals surface area contributed by atoms with Crippen molar-refractivity contribution in [2.45, 2.75) is 77.5 Å².